The number of hydrogen-bond acceptors (Lipinski definition) is 10. The molecule has 2 N–H and O–H groups in total. The molecule has 0 saturated heterocycles. The van der Waals surface area contributed by atoms with Crippen molar-refractivity contribution in [1.29, 1.82) is 0 Å². The maximum Gasteiger partial charge on any atom is 0.138 e. The Bertz CT molecular complexity index is 2420. The molecule has 0 saturated carbocycles. The molecular weight excluding hydrogens is 603 g/mol. The zero-order valence-electron chi connectivity index (χ0n) is 23.2. The predicted molar refractivity (Wildman–Crippen MR) is 175 cm³/mol. The zero-order chi connectivity index (χ0) is 29.7. The number of pyridine rings is 2. The average molecular weight is 622 g/mol. The quantitative estimate of drug-likeness (QED) is 0.190. The number of fused-ring (bicyclic) bond motifs is 2. The lowest BCUT2D eigenvalue weighted by Crippen LogP contribution is -2.02. The summed E-state index contributed by atoms with van der Waals surface area (Å²) in [7, 11) is 0. The molecule has 0 aliphatic carbocycles. The highest BCUT2D eigenvalue weighted by atomic mass is 32.1. The van der Waals surface area contributed by atoms with Crippen molar-refractivity contribution in [2.24, 2.45) is 0 Å². The number of para-hydroxylation sites is 1. The number of aromatic amines is 2. The Balaban J connectivity index is 1.54. The van der Waals surface area contributed by atoms with Gasteiger partial charge in [0, 0.05) is 80.0 Å². The van der Waals surface area contributed by atoms with Gasteiger partial charge in [-0.2, -0.15) is 9.47 Å². The molecule has 0 aliphatic heterocycles. The largest absolute Gasteiger partial charge is 0.364 e. The van der Waals surface area contributed by atoms with Crippen LogP contribution in [0.15, 0.2) is 107 Å². The van der Waals surface area contributed by atoms with Crippen molar-refractivity contribution in [1.82, 2.24) is 44.6 Å². The van der Waals surface area contributed by atoms with E-state index in [4.69, 9.17) is 33.9 Å². The van der Waals surface area contributed by atoms with Crippen molar-refractivity contribution >= 4 is 44.5 Å². The van der Waals surface area contributed by atoms with Crippen LogP contribution in [0.1, 0.15) is 0 Å². The molecule has 0 amide bonds. The number of benzene rings is 2. The molecule has 0 unspecified atom stereocenters. The Kier molecular flexibility index (Phi) is 5.92. The molecule has 0 fully saturated rings. The van der Waals surface area contributed by atoms with Gasteiger partial charge < -0.3 is 9.51 Å². The molecule has 214 valence electrons. The van der Waals surface area contributed by atoms with Crippen molar-refractivity contribution in [3.05, 3.63) is 102 Å². The number of imidazole rings is 1. The highest BCUT2D eigenvalue weighted by molar-refractivity contribution is 7.13. The first-order valence-electron chi connectivity index (χ1n) is 14.0. The molecular formula is C33H19N9OS2. The lowest BCUT2D eigenvalue weighted by Gasteiger charge is -2.20. The van der Waals surface area contributed by atoms with Crippen LogP contribution in [0.2, 0.25) is 0 Å². The van der Waals surface area contributed by atoms with Gasteiger partial charge in [0.15, 0.2) is 0 Å². The van der Waals surface area contributed by atoms with Crippen LogP contribution < -0.4 is 0 Å². The van der Waals surface area contributed by atoms with Crippen LogP contribution in [-0.4, -0.2) is 44.6 Å². The lowest BCUT2D eigenvalue weighted by atomic mass is 9.86. The smallest absolute Gasteiger partial charge is 0.138 e. The zero-order valence-corrected chi connectivity index (χ0v) is 24.8. The van der Waals surface area contributed by atoms with Crippen LogP contribution in [0, 0.1) is 0 Å². The first kappa shape index (κ1) is 25.6. The third-order valence-corrected chi connectivity index (χ3v) is 9.02. The number of thiazole rings is 1. The number of rotatable bonds is 6. The molecule has 0 bridgehead atoms. The van der Waals surface area contributed by atoms with Crippen LogP contribution in [0.3, 0.4) is 0 Å². The van der Waals surface area contributed by atoms with Gasteiger partial charge in [-0.05, 0) is 41.9 Å². The summed E-state index contributed by atoms with van der Waals surface area (Å²) in [5.41, 5.74) is 8.46. The van der Waals surface area contributed by atoms with E-state index in [0.717, 1.165) is 66.0 Å². The number of nitrogens with zero attached hydrogens (tertiary/aromatic N) is 7. The van der Waals surface area contributed by atoms with Crippen molar-refractivity contribution < 1.29 is 4.52 Å². The third-order valence-electron chi connectivity index (χ3n) is 7.67. The molecule has 0 atom stereocenters. The highest BCUT2D eigenvalue weighted by Gasteiger charge is 2.29. The molecule has 9 aromatic rings. The van der Waals surface area contributed by atoms with Gasteiger partial charge in [-0.1, -0.05) is 29.4 Å². The number of H-pyrrole nitrogens is 2. The van der Waals surface area contributed by atoms with Crippen LogP contribution in [0.5, 0.6) is 0 Å². The minimum absolute atomic E-state index is 0.650. The molecule has 0 radical (unpaired) electrons. The third kappa shape index (κ3) is 4.18. The van der Waals surface area contributed by atoms with E-state index < -0.39 is 0 Å². The van der Waals surface area contributed by atoms with Gasteiger partial charge in [-0.15, -0.1) is 11.3 Å². The van der Waals surface area contributed by atoms with Gasteiger partial charge in [0.25, 0.3) is 0 Å². The Hall–Kier alpha value is -5.85. The Labute approximate surface area is 262 Å². The summed E-state index contributed by atoms with van der Waals surface area (Å²) >= 11 is 2.93. The molecule has 2 aromatic carbocycles. The Morgan fingerprint density at radius 2 is 1.71 bits per heavy atom. The maximum absolute atomic E-state index is 5.37. The first-order valence-corrected chi connectivity index (χ1v) is 15.7. The summed E-state index contributed by atoms with van der Waals surface area (Å²) in [5.74, 6) is 0.662. The summed E-state index contributed by atoms with van der Waals surface area (Å²) in [6.45, 7) is 0. The SMILES string of the molecule is c1ccc2nc(-c3nc(-c4ccsn4)c(-c4nccs4)c4c(-c5cc[nH]n5)c(-c5ncc[nH]5)c(-c5ccon5)cc34)ccc2c1. The van der Waals surface area contributed by atoms with E-state index in [0.29, 0.717) is 22.9 Å². The van der Waals surface area contributed by atoms with Gasteiger partial charge in [0.05, 0.1) is 22.6 Å². The second-order valence-electron chi connectivity index (χ2n) is 10.2. The van der Waals surface area contributed by atoms with Gasteiger partial charge in [0.1, 0.15) is 34.2 Å². The second kappa shape index (κ2) is 10.4. The second-order valence-corrected chi connectivity index (χ2v) is 11.7. The molecule has 7 heterocycles. The maximum atomic E-state index is 5.37. The Morgan fingerprint density at radius 3 is 2.49 bits per heavy atom. The highest BCUT2D eigenvalue weighted by Crippen LogP contribution is 2.50. The molecule has 0 spiro atoms. The van der Waals surface area contributed by atoms with E-state index in [-0.39, 0.29) is 0 Å². The van der Waals surface area contributed by atoms with Crippen LogP contribution in [0.25, 0.3) is 88.9 Å². The van der Waals surface area contributed by atoms with E-state index in [1.807, 2.05) is 59.4 Å². The number of aromatic nitrogens is 9. The van der Waals surface area contributed by atoms with Crippen molar-refractivity contribution in [2.45, 2.75) is 0 Å². The van der Waals surface area contributed by atoms with E-state index in [1.54, 1.807) is 36.2 Å². The first-order chi connectivity index (χ1) is 22.3. The molecule has 9 rings (SSSR count). The van der Waals surface area contributed by atoms with Crippen molar-refractivity contribution in [3.63, 3.8) is 0 Å². The summed E-state index contributed by atoms with van der Waals surface area (Å²) in [6.07, 6.45) is 8.73. The van der Waals surface area contributed by atoms with Crippen molar-refractivity contribution in [3.8, 4) is 67.2 Å². The predicted octanol–water partition coefficient (Wildman–Crippen LogP) is 8.13. The van der Waals surface area contributed by atoms with Crippen molar-refractivity contribution in [2.75, 3.05) is 0 Å². The normalized spacial score (nSPS) is 11.6. The van der Waals surface area contributed by atoms with E-state index >= 15 is 0 Å². The summed E-state index contributed by atoms with van der Waals surface area (Å²) in [6, 6.07) is 20.0. The molecule has 12 heteroatoms. The fourth-order valence-electron chi connectivity index (χ4n) is 5.80. The minimum atomic E-state index is 0.650. The number of nitrogens with one attached hydrogen (secondary N) is 2. The van der Waals surface area contributed by atoms with Crippen LogP contribution in [0.4, 0.5) is 0 Å². The average Bonchev–Trinajstić information content (AvgIpc) is 3.94. The summed E-state index contributed by atoms with van der Waals surface area (Å²) in [4.78, 5) is 23.3. The molecule has 7 aromatic heterocycles. The fraction of sp³-hybridized carbons (Fsp3) is 0. The van der Waals surface area contributed by atoms with Gasteiger partial charge in [-0.25, -0.2) is 19.9 Å². The van der Waals surface area contributed by atoms with E-state index in [1.165, 1.54) is 11.5 Å². The Morgan fingerprint density at radius 1 is 0.733 bits per heavy atom. The standard InChI is InChI=1S/C33H19N9OS2/c1-2-4-21-18(3-1)5-6-24(38-21)30-20-17-19(22-8-14-43-41-22)27(32-34-11-12-35-32)28(23-7-10-37-40-23)26(20)29(33-36-13-16-44-33)31(39-30)25-9-15-45-42-25/h1-17H,(H,34,35)(H,37,40). The molecule has 0 aliphatic rings. The van der Waals surface area contributed by atoms with E-state index in [9.17, 15) is 0 Å². The summed E-state index contributed by atoms with van der Waals surface area (Å²) < 4.78 is 10.1. The molecule has 45 heavy (non-hydrogen) atoms. The van der Waals surface area contributed by atoms with Gasteiger partial charge >= 0.3 is 0 Å². The lowest BCUT2D eigenvalue weighted by molar-refractivity contribution is 0.422. The topological polar surface area (TPSA) is 135 Å². The number of hydrogen-bond donors (Lipinski definition) is 2. The van der Waals surface area contributed by atoms with E-state index in [2.05, 4.69) is 33.4 Å². The van der Waals surface area contributed by atoms with Gasteiger partial charge in [0.2, 0.25) is 0 Å². The fourth-order valence-corrected chi connectivity index (χ4v) is 7.00. The monoisotopic (exact) mass is 621 g/mol. The van der Waals surface area contributed by atoms with Crippen LogP contribution >= 0.6 is 22.9 Å². The van der Waals surface area contributed by atoms with Gasteiger partial charge in [-0.3, -0.25) is 5.10 Å². The van der Waals surface area contributed by atoms with Crippen LogP contribution in [-0.2, 0) is 0 Å². The molecule has 10 nitrogen and oxygen atoms in total. The summed E-state index contributed by atoms with van der Waals surface area (Å²) in [5, 5.41) is 19.6. The minimum Gasteiger partial charge on any atom is -0.364 e.